The van der Waals surface area contributed by atoms with E-state index in [0.29, 0.717) is 6.54 Å². The molecular weight excluding hydrogens is 316 g/mol. The van der Waals surface area contributed by atoms with Crippen LogP contribution in [-0.4, -0.2) is 49.0 Å². The van der Waals surface area contributed by atoms with Crippen molar-refractivity contribution in [3.8, 4) is 0 Å². The van der Waals surface area contributed by atoms with Crippen LogP contribution in [0.3, 0.4) is 0 Å². The van der Waals surface area contributed by atoms with Crippen LogP contribution in [0.1, 0.15) is 43.5 Å². The second kappa shape index (κ2) is 7.42. The number of piperidine rings is 1. The van der Waals surface area contributed by atoms with Crippen molar-refractivity contribution in [2.45, 2.75) is 50.2 Å². The van der Waals surface area contributed by atoms with Crippen LogP contribution < -0.4 is 5.32 Å². The van der Waals surface area contributed by atoms with E-state index >= 15 is 0 Å². The average Bonchev–Trinajstić information content (AvgIpc) is 2.53. The molecule has 0 spiro atoms. The third-order valence-electron chi connectivity index (χ3n) is 4.00. The van der Waals surface area contributed by atoms with Gasteiger partial charge in [0.05, 0.1) is 11.0 Å². The topological polar surface area (TPSA) is 86.7 Å². The lowest BCUT2D eigenvalue weighted by atomic mass is 10.1. The Morgan fingerprint density at radius 1 is 1.43 bits per heavy atom. The smallest absolute Gasteiger partial charge is 0.251 e. The highest BCUT2D eigenvalue weighted by Gasteiger charge is 2.31. The first-order valence-electron chi connectivity index (χ1n) is 7.90. The van der Waals surface area contributed by atoms with Gasteiger partial charge in [-0.3, -0.25) is 4.79 Å². The van der Waals surface area contributed by atoms with Crippen molar-refractivity contribution in [3.63, 3.8) is 0 Å². The van der Waals surface area contributed by atoms with Crippen LogP contribution in [0.2, 0.25) is 0 Å². The summed E-state index contributed by atoms with van der Waals surface area (Å²) in [6.45, 7) is 4.12. The van der Waals surface area contributed by atoms with E-state index in [-0.39, 0.29) is 23.0 Å². The number of sulfonamides is 1. The van der Waals surface area contributed by atoms with Gasteiger partial charge in [-0.1, -0.05) is 12.5 Å². The molecular formula is C16H24N2O4S. The fraction of sp³-hybridized carbons (Fsp3) is 0.562. The van der Waals surface area contributed by atoms with Gasteiger partial charge < -0.3 is 10.4 Å². The number of carbonyl (C=O) groups excluding carboxylic acids is 1. The minimum Gasteiger partial charge on any atom is -0.392 e. The minimum absolute atomic E-state index is 0.0264. The van der Waals surface area contributed by atoms with Gasteiger partial charge in [0.25, 0.3) is 5.91 Å². The highest BCUT2D eigenvalue weighted by molar-refractivity contribution is 7.89. The summed E-state index contributed by atoms with van der Waals surface area (Å²) in [6.07, 6.45) is 2.10. The van der Waals surface area contributed by atoms with Crippen molar-refractivity contribution in [2.24, 2.45) is 0 Å². The van der Waals surface area contributed by atoms with E-state index in [1.807, 2.05) is 6.92 Å². The Hall–Kier alpha value is -1.44. The second-order valence-electron chi connectivity index (χ2n) is 6.05. The Bertz CT molecular complexity index is 658. The zero-order valence-corrected chi connectivity index (χ0v) is 14.3. The standard InChI is InChI=1S/C16H24N2O4S/c1-12-6-3-4-9-18(12)23(21,22)15-8-5-7-14(10-15)16(20)17-11-13(2)19/h5,7-8,10,12-13,19H,3-4,6,9,11H2,1-2H3,(H,17,20). The largest absolute Gasteiger partial charge is 0.392 e. The maximum absolute atomic E-state index is 12.8. The van der Waals surface area contributed by atoms with Crippen LogP contribution in [0, 0.1) is 0 Å². The van der Waals surface area contributed by atoms with Gasteiger partial charge in [0.1, 0.15) is 0 Å². The van der Waals surface area contributed by atoms with Gasteiger partial charge in [-0.05, 0) is 44.9 Å². The molecule has 1 aromatic rings. The van der Waals surface area contributed by atoms with Crippen LogP contribution in [-0.2, 0) is 10.0 Å². The van der Waals surface area contributed by atoms with E-state index in [2.05, 4.69) is 5.32 Å². The summed E-state index contributed by atoms with van der Waals surface area (Å²) in [5.41, 5.74) is 0.274. The van der Waals surface area contributed by atoms with Crippen molar-refractivity contribution in [3.05, 3.63) is 29.8 Å². The predicted octanol–water partition coefficient (Wildman–Crippen LogP) is 1.36. The van der Waals surface area contributed by atoms with Crippen LogP contribution in [0.15, 0.2) is 29.2 Å². The molecule has 0 aliphatic carbocycles. The van der Waals surface area contributed by atoms with Crippen LogP contribution >= 0.6 is 0 Å². The molecule has 1 fully saturated rings. The first-order valence-corrected chi connectivity index (χ1v) is 9.34. The normalized spacial score (nSPS) is 20.9. The van der Waals surface area contributed by atoms with E-state index in [4.69, 9.17) is 0 Å². The van der Waals surface area contributed by atoms with Crippen LogP contribution in [0.25, 0.3) is 0 Å². The molecule has 1 amide bonds. The molecule has 23 heavy (non-hydrogen) atoms. The molecule has 2 N–H and O–H groups in total. The summed E-state index contributed by atoms with van der Waals surface area (Å²) < 4.78 is 27.1. The third-order valence-corrected chi connectivity index (χ3v) is 6.01. The van der Waals surface area contributed by atoms with Gasteiger partial charge in [-0.15, -0.1) is 0 Å². The Kier molecular flexibility index (Phi) is 5.78. The number of rotatable bonds is 5. The Labute approximate surface area is 137 Å². The molecule has 1 heterocycles. The molecule has 0 saturated carbocycles. The fourth-order valence-electron chi connectivity index (χ4n) is 2.70. The Balaban J connectivity index is 2.23. The molecule has 0 bridgehead atoms. The van der Waals surface area contributed by atoms with E-state index in [1.165, 1.54) is 16.4 Å². The summed E-state index contributed by atoms with van der Waals surface area (Å²) in [6, 6.07) is 6.02. The van der Waals surface area contributed by atoms with Crippen LogP contribution in [0.5, 0.6) is 0 Å². The molecule has 2 rings (SSSR count). The van der Waals surface area contributed by atoms with Crippen molar-refractivity contribution in [1.82, 2.24) is 9.62 Å². The zero-order chi connectivity index (χ0) is 17.0. The van der Waals surface area contributed by atoms with Crippen molar-refractivity contribution in [1.29, 1.82) is 0 Å². The van der Waals surface area contributed by atoms with Crippen LogP contribution in [0.4, 0.5) is 0 Å². The molecule has 1 aliphatic rings. The monoisotopic (exact) mass is 340 g/mol. The molecule has 2 unspecified atom stereocenters. The number of carbonyl (C=O) groups is 1. The first kappa shape index (κ1) is 17.9. The summed E-state index contributed by atoms with van der Waals surface area (Å²) in [4.78, 5) is 12.2. The number of aliphatic hydroxyl groups is 1. The van der Waals surface area contributed by atoms with E-state index < -0.39 is 22.0 Å². The molecule has 1 saturated heterocycles. The van der Waals surface area contributed by atoms with Gasteiger partial charge in [-0.2, -0.15) is 4.31 Å². The number of nitrogens with zero attached hydrogens (tertiary/aromatic N) is 1. The molecule has 1 aliphatic heterocycles. The van der Waals surface area contributed by atoms with Gasteiger partial charge in [0, 0.05) is 24.7 Å². The number of hydrogen-bond acceptors (Lipinski definition) is 4. The Morgan fingerprint density at radius 2 is 2.17 bits per heavy atom. The van der Waals surface area contributed by atoms with E-state index in [1.54, 1.807) is 19.1 Å². The number of benzene rings is 1. The molecule has 7 heteroatoms. The molecule has 6 nitrogen and oxygen atoms in total. The molecule has 1 aromatic carbocycles. The van der Waals surface area contributed by atoms with Gasteiger partial charge in [0.15, 0.2) is 0 Å². The average molecular weight is 340 g/mol. The summed E-state index contributed by atoms with van der Waals surface area (Å²) in [5, 5.41) is 11.8. The van der Waals surface area contributed by atoms with Crippen molar-refractivity contribution < 1.29 is 18.3 Å². The van der Waals surface area contributed by atoms with Gasteiger partial charge >= 0.3 is 0 Å². The predicted molar refractivity (Wildman–Crippen MR) is 87.7 cm³/mol. The fourth-order valence-corrected chi connectivity index (χ4v) is 4.45. The maximum Gasteiger partial charge on any atom is 0.251 e. The number of hydrogen-bond donors (Lipinski definition) is 2. The maximum atomic E-state index is 12.8. The van der Waals surface area contributed by atoms with E-state index in [9.17, 15) is 18.3 Å². The first-order chi connectivity index (χ1) is 10.8. The third kappa shape index (κ3) is 4.31. The zero-order valence-electron chi connectivity index (χ0n) is 13.5. The number of amides is 1. The highest BCUT2D eigenvalue weighted by atomic mass is 32.2. The van der Waals surface area contributed by atoms with Gasteiger partial charge in [-0.25, -0.2) is 8.42 Å². The molecule has 2 atom stereocenters. The lowest BCUT2D eigenvalue weighted by Gasteiger charge is -2.32. The lowest BCUT2D eigenvalue weighted by Crippen LogP contribution is -2.42. The molecule has 0 aromatic heterocycles. The number of aliphatic hydroxyl groups excluding tert-OH is 1. The second-order valence-corrected chi connectivity index (χ2v) is 7.94. The van der Waals surface area contributed by atoms with Gasteiger partial charge in [0.2, 0.25) is 10.0 Å². The summed E-state index contributed by atoms with van der Waals surface area (Å²) in [5.74, 6) is -0.394. The molecule has 0 radical (unpaired) electrons. The quantitative estimate of drug-likeness (QED) is 0.847. The van der Waals surface area contributed by atoms with Crippen molar-refractivity contribution >= 4 is 15.9 Å². The summed E-state index contributed by atoms with van der Waals surface area (Å²) >= 11 is 0. The molecule has 128 valence electrons. The SMILES string of the molecule is CC(O)CNC(=O)c1cccc(S(=O)(=O)N2CCCCC2C)c1. The van der Waals surface area contributed by atoms with Crippen molar-refractivity contribution in [2.75, 3.05) is 13.1 Å². The highest BCUT2D eigenvalue weighted by Crippen LogP contribution is 2.25. The van der Waals surface area contributed by atoms with E-state index in [0.717, 1.165) is 19.3 Å². The Morgan fingerprint density at radius 3 is 2.83 bits per heavy atom. The summed E-state index contributed by atoms with van der Waals surface area (Å²) in [7, 11) is -3.59. The minimum atomic E-state index is -3.59. The number of nitrogens with one attached hydrogen (secondary N) is 1. The lowest BCUT2D eigenvalue weighted by molar-refractivity contribution is 0.0924.